The van der Waals surface area contributed by atoms with E-state index in [2.05, 4.69) is 20.9 Å². The topological polar surface area (TPSA) is 92.4 Å². The number of hydrogen-bond acceptors (Lipinski definition) is 5. The number of amides is 2. The summed E-state index contributed by atoms with van der Waals surface area (Å²) in [5, 5.41) is 8.70. The van der Waals surface area contributed by atoms with Gasteiger partial charge in [-0.05, 0) is 42.5 Å². The van der Waals surface area contributed by atoms with E-state index in [1.807, 2.05) is 30.3 Å². The first-order chi connectivity index (χ1) is 13.5. The highest BCUT2D eigenvalue weighted by atomic mass is 16.5. The Bertz CT molecular complexity index is 987. The molecule has 0 bridgehead atoms. The highest BCUT2D eigenvalue weighted by Crippen LogP contribution is 2.24. The number of pyridine rings is 1. The van der Waals surface area contributed by atoms with Crippen LogP contribution in [-0.2, 0) is 4.79 Å². The van der Waals surface area contributed by atoms with E-state index < -0.39 is 0 Å². The lowest BCUT2D eigenvalue weighted by molar-refractivity contribution is -0.114. The van der Waals surface area contributed by atoms with Gasteiger partial charge in [-0.3, -0.25) is 9.59 Å². The Morgan fingerprint density at radius 2 is 1.68 bits per heavy atom. The average molecular weight is 376 g/mol. The maximum Gasteiger partial charge on any atom is 0.274 e. The van der Waals surface area contributed by atoms with Crippen molar-refractivity contribution in [3.05, 3.63) is 72.6 Å². The Labute approximate surface area is 162 Å². The number of methoxy groups -OCH3 is 1. The van der Waals surface area contributed by atoms with Crippen LogP contribution in [0.25, 0.3) is 0 Å². The van der Waals surface area contributed by atoms with Gasteiger partial charge < -0.3 is 20.7 Å². The normalized spacial score (nSPS) is 10.1. The number of nitrogens with one attached hydrogen (secondary N) is 3. The molecule has 3 rings (SSSR count). The van der Waals surface area contributed by atoms with Gasteiger partial charge in [0, 0.05) is 18.3 Å². The van der Waals surface area contributed by atoms with Gasteiger partial charge in [-0.25, -0.2) is 4.98 Å². The van der Waals surface area contributed by atoms with E-state index in [9.17, 15) is 9.59 Å². The number of carbonyl (C=O) groups is 2. The number of hydrogen-bond donors (Lipinski definition) is 3. The molecule has 2 aromatic carbocycles. The molecule has 0 spiro atoms. The maximum absolute atomic E-state index is 12.4. The molecule has 142 valence electrons. The molecule has 1 heterocycles. The Morgan fingerprint density at radius 3 is 2.39 bits per heavy atom. The van der Waals surface area contributed by atoms with Crippen LogP contribution in [-0.4, -0.2) is 23.9 Å². The number of para-hydroxylation sites is 2. The highest BCUT2D eigenvalue weighted by molar-refractivity contribution is 6.03. The third kappa shape index (κ3) is 4.85. The fourth-order valence-corrected chi connectivity index (χ4v) is 2.58. The van der Waals surface area contributed by atoms with Gasteiger partial charge in [-0.15, -0.1) is 0 Å². The molecule has 0 radical (unpaired) electrons. The van der Waals surface area contributed by atoms with Crippen LogP contribution in [0.5, 0.6) is 5.75 Å². The summed E-state index contributed by atoms with van der Waals surface area (Å²) in [6.07, 6.45) is 1.57. The molecule has 3 N–H and O–H groups in total. The molecule has 7 nitrogen and oxygen atoms in total. The number of ether oxygens (including phenoxy) is 1. The summed E-state index contributed by atoms with van der Waals surface area (Å²) in [5.74, 6) is 0.112. The van der Waals surface area contributed by atoms with Gasteiger partial charge in [0.1, 0.15) is 11.4 Å². The fraction of sp³-hybridized carbons (Fsp3) is 0.0952. The van der Waals surface area contributed by atoms with E-state index in [4.69, 9.17) is 4.74 Å². The van der Waals surface area contributed by atoms with Crippen LogP contribution in [0.1, 0.15) is 17.4 Å². The van der Waals surface area contributed by atoms with Crippen molar-refractivity contribution in [1.29, 1.82) is 0 Å². The van der Waals surface area contributed by atoms with Gasteiger partial charge in [0.2, 0.25) is 5.91 Å². The van der Waals surface area contributed by atoms with Crippen molar-refractivity contribution in [2.24, 2.45) is 0 Å². The van der Waals surface area contributed by atoms with E-state index in [1.54, 1.807) is 43.6 Å². The first kappa shape index (κ1) is 18.9. The molecule has 1 aromatic heterocycles. The molecule has 0 saturated carbocycles. The minimum absolute atomic E-state index is 0.135. The monoisotopic (exact) mass is 376 g/mol. The number of anilines is 4. The lowest BCUT2D eigenvalue weighted by Crippen LogP contribution is -2.14. The summed E-state index contributed by atoms with van der Waals surface area (Å²) in [6.45, 7) is 1.46. The van der Waals surface area contributed by atoms with Crippen molar-refractivity contribution in [2.45, 2.75) is 6.92 Å². The zero-order valence-electron chi connectivity index (χ0n) is 15.5. The summed E-state index contributed by atoms with van der Waals surface area (Å²) in [5.41, 5.74) is 3.06. The van der Waals surface area contributed by atoms with Crippen LogP contribution >= 0.6 is 0 Å². The second-order valence-corrected chi connectivity index (χ2v) is 5.97. The molecule has 7 heteroatoms. The Morgan fingerprint density at radius 1 is 0.893 bits per heavy atom. The standard InChI is InChI=1S/C21H20N4O3/c1-14(26)23-15-6-5-7-16(12-15)24-17-10-11-19(22-13-17)21(27)25-18-8-3-4-9-20(18)28-2/h3-13,24H,1-2H3,(H,23,26)(H,25,27). The molecule has 28 heavy (non-hydrogen) atoms. The lowest BCUT2D eigenvalue weighted by Gasteiger charge is -2.11. The summed E-state index contributed by atoms with van der Waals surface area (Å²) >= 11 is 0. The van der Waals surface area contributed by atoms with Crippen LogP contribution < -0.4 is 20.7 Å². The van der Waals surface area contributed by atoms with E-state index >= 15 is 0 Å². The van der Waals surface area contributed by atoms with Crippen LogP contribution in [0.4, 0.5) is 22.7 Å². The number of nitrogens with zero attached hydrogens (tertiary/aromatic N) is 1. The molecule has 3 aromatic rings. The molecule has 0 aliphatic heterocycles. The third-order valence-electron chi connectivity index (χ3n) is 3.82. The van der Waals surface area contributed by atoms with Gasteiger partial charge in [0.15, 0.2) is 0 Å². The van der Waals surface area contributed by atoms with Crippen molar-refractivity contribution in [1.82, 2.24) is 4.98 Å². The van der Waals surface area contributed by atoms with Crippen LogP contribution in [0, 0.1) is 0 Å². The van der Waals surface area contributed by atoms with Crippen molar-refractivity contribution >= 4 is 34.6 Å². The molecule has 0 aliphatic carbocycles. The van der Waals surface area contributed by atoms with Crippen molar-refractivity contribution in [3.63, 3.8) is 0 Å². The molecule has 2 amide bonds. The number of carbonyl (C=O) groups excluding carboxylic acids is 2. The Kier molecular flexibility index (Phi) is 5.86. The summed E-state index contributed by atoms with van der Waals surface area (Å²) in [7, 11) is 1.55. The predicted octanol–water partition coefficient (Wildman–Crippen LogP) is 4.04. The van der Waals surface area contributed by atoms with Gasteiger partial charge in [0.05, 0.1) is 24.7 Å². The molecule has 0 saturated heterocycles. The number of rotatable bonds is 6. The molecule has 0 fully saturated rings. The summed E-state index contributed by atoms with van der Waals surface area (Å²) < 4.78 is 5.23. The third-order valence-corrected chi connectivity index (χ3v) is 3.82. The van der Waals surface area contributed by atoms with Crippen molar-refractivity contribution in [2.75, 3.05) is 23.1 Å². The minimum atomic E-state index is -0.330. The zero-order valence-corrected chi connectivity index (χ0v) is 15.5. The maximum atomic E-state index is 12.4. The zero-order chi connectivity index (χ0) is 19.9. The second-order valence-electron chi connectivity index (χ2n) is 5.97. The van der Waals surface area contributed by atoms with Crippen LogP contribution in [0.3, 0.4) is 0 Å². The summed E-state index contributed by atoms with van der Waals surface area (Å²) in [4.78, 5) is 27.8. The highest BCUT2D eigenvalue weighted by Gasteiger charge is 2.10. The quantitative estimate of drug-likeness (QED) is 0.604. The molecular formula is C21H20N4O3. The molecule has 0 aliphatic rings. The number of aromatic nitrogens is 1. The predicted molar refractivity (Wildman–Crippen MR) is 109 cm³/mol. The van der Waals surface area contributed by atoms with E-state index in [-0.39, 0.29) is 17.5 Å². The molecular weight excluding hydrogens is 356 g/mol. The van der Waals surface area contributed by atoms with Gasteiger partial charge in [-0.2, -0.15) is 0 Å². The van der Waals surface area contributed by atoms with Gasteiger partial charge in [0.25, 0.3) is 5.91 Å². The van der Waals surface area contributed by atoms with Crippen molar-refractivity contribution in [3.8, 4) is 5.75 Å². The van der Waals surface area contributed by atoms with Gasteiger partial charge in [-0.1, -0.05) is 18.2 Å². The Hall–Kier alpha value is -3.87. The number of benzene rings is 2. The fourth-order valence-electron chi connectivity index (χ4n) is 2.58. The van der Waals surface area contributed by atoms with E-state index in [1.165, 1.54) is 6.92 Å². The van der Waals surface area contributed by atoms with Crippen LogP contribution in [0.2, 0.25) is 0 Å². The van der Waals surface area contributed by atoms with E-state index in [0.29, 0.717) is 22.8 Å². The largest absolute Gasteiger partial charge is 0.495 e. The first-order valence-corrected chi connectivity index (χ1v) is 8.60. The van der Waals surface area contributed by atoms with Crippen LogP contribution in [0.15, 0.2) is 66.9 Å². The molecule has 0 unspecified atom stereocenters. The summed E-state index contributed by atoms with van der Waals surface area (Å²) in [6, 6.07) is 17.9. The van der Waals surface area contributed by atoms with E-state index in [0.717, 1.165) is 5.69 Å². The first-order valence-electron chi connectivity index (χ1n) is 8.60. The second kappa shape index (κ2) is 8.68. The average Bonchev–Trinajstić information content (AvgIpc) is 2.68. The smallest absolute Gasteiger partial charge is 0.274 e. The minimum Gasteiger partial charge on any atom is -0.495 e. The lowest BCUT2D eigenvalue weighted by atomic mass is 10.2. The SMILES string of the molecule is COc1ccccc1NC(=O)c1ccc(Nc2cccc(NC(C)=O)c2)cn1. The van der Waals surface area contributed by atoms with Crippen molar-refractivity contribution < 1.29 is 14.3 Å². The van der Waals surface area contributed by atoms with Gasteiger partial charge >= 0.3 is 0 Å². The molecule has 0 atom stereocenters. The Balaban J connectivity index is 1.68.